The summed E-state index contributed by atoms with van der Waals surface area (Å²) in [6, 6.07) is 5.71. The fraction of sp³-hybridized carbons (Fsp3) is 0.381. The van der Waals surface area contributed by atoms with Crippen LogP contribution in [0, 0.1) is 19.3 Å². The Labute approximate surface area is 164 Å². The lowest BCUT2D eigenvalue weighted by Gasteiger charge is -2.13. The largest absolute Gasteiger partial charge is 0.358 e. The molecule has 0 spiro atoms. The van der Waals surface area contributed by atoms with Crippen molar-refractivity contribution in [2.45, 2.75) is 46.1 Å². The summed E-state index contributed by atoms with van der Waals surface area (Å²) in [4.78, 5) is 27.5. The van der Waals surface area contributed by atoms with Gasteiger partial charge in [-0.1, -0.05) is 13.0 Å². The van der Waals surface area contributed by atoms with Gasteiger partial charge in [-0.3, -0.25) is 15.0 Å². The van der Waals surface area contributed by atoms with Crippen LogP contribution >= 0.6 is 0 Å². The summed E-state index contributed by atoms with van der Waals surface area (Å²) in [6.07, 6.45) is 4.56. The number of carbonyl (C=O) groups excluding carboxylic acids is 2. The molecule has 5 N–H and O–H groups in total. The van der Waals surface area contributed by atoms with E-state index >= 15 is 0 Å². The highest BCUT2D eigenvalue weighted by molar-refractivity contribution is 6.09. The first-order valence-corrected chi connectivity index (χ1v) is 9.64. The maximum absolute atomic E-state index is 12.3. The maximum Gasteiger partial charge on any atom is 0.253 e. The van der Waals surface area contributed by atoms with Gasteiger partial charge in [-0.2, -0.15) is 0 Å². The van der Waals surface area contributed by atoms with Gasteiger partial charge in [-0.15, -0.1) is 0 Å². The average molecular weight is 381 g/mol. The molecular formula is C21H27N5O2. The zero-order chi connectivity index (χ0) is 20.3. The Kier molecular flexibility index (Phi) is 5.82. The summed E-state index contributed by atoms with van der Waals surface area (Å²) < 4.78 is 0. The molecule has 1 aliphatic rings. The van der Waals surface area contributed by atoms with E-state index in [-0.39, 0.29) is 17.6 Å². The molecule has 0 unspecified atom stereocenters. The Bertz CT molecular complexity index is 912. The highest BCUT2D eigenvalue weighted by Crippen LogP contribution is 2.22. The van der Waals surface area contributed by atoms with Crippen LogP contribution in [0.1, 0.15) is 63.7 Å². The zero-order valence-corrected chi connectivity index (χ0v) is 16.5. The number of aromatic nitrogens is 1. The van der Waals surface area contributed by atoms with Crippen molar-refractivity contribution in [2.24, 2.45) is 0 Å². The Morgan fingerprint density at radius 1 is 1.21 bits per heavy atom. The molecule has 1 aromatic heterocycles. The smallest absolute Gasteiger partial charge is 0.253 e. The molecule has 2 aromatic rings. The Balaban J connectivity index is 1.75. The van der Waals surface area contributed by atoms with Crippen LogP contribution in [0.2, 0.25) is 0 Å². The van der Waals surface area contributed by atoms with Crippen molar-refractivity contribution in [1.29, 1.82) is 5.41 Å². The summed E-state index contributed by atoms with van der Waals surface area (Å²) in [5.74, 6) is -0.0949. The quantitative estimate of drug-likeness (QED) is 0.375. The first-order valence-electron chi connectivity index (χ1n) is 9.64. The van der Waals surface area contributed by atoms with Crippen LogP contribution in [0.3, 0.4) is 0 Å². The molecule has 7 heteroatoms. The van der Waals surface area contributed by atoms with Crippen molar-refractivity contribution in [1.82, 2.24) is 15.6 Å². The first kappa shape index (κ1) is 19.7. The number of amides is 2. The van der Waals surface area contributed by atoms with Gasteiger partial charge in [0, 0.05) is 30.0 Å². The summed E-state index contributed by atoms with van der Waals surface area (Å²) in [5.41, 5.74) is 3.98. The second kappa shape index (κ2) is 8.29. The average Bonchev–Trinajstić information content (AvgIpc) is 3.40. The SMILES string of the molecule is CCCNC(=O)c1c[nH]c(C(=N)Nc2cc(C(=O)NC3CC3)ccc2C)c1C. The molecule has 1 heterocycles. The normalized spacial score (nSPS) is 13.1. The summed E-state index contributed by atoms with van der Waals surface area (Å²) in [5, 5.41) is 17.3. The van der Waals surface area contributed by atoms with Crippen LogP contribution in [0.15, 0.2) is 24.4 Å². The fourth-order valence-corrected chi connectivity index (χ4v) is 2.92. The van der Waals surface area contributed by atoms with E-state index in [4.69, 9.17) is 5.41 Å². The molecule has 0 atom stereocenters. The predicted octanol–water partition coefficient (Wildman–Crippen LogP) is 3.10. The lowest BCUT2D eigenvalue weighted by Crippen LogP contribution is -2.25. The molecular weight excluding hydrogens is 354 g/mol. The summed E-state index contributed by atoms with van der Waals surface area (Å²) in [6.45, 7) is 6.35. The Morgan fingerprint density at radius 3 is 2.64 bits per heavy atom. The minimum Gasteiger partial charge on any atom is -0.358 e. The standard InChI is InChI=1S/C21H27N5O2/c1-4-9-23-21(28)16-11-24-18(13(16)3)19(22)26-17-10-14(6-5-12(17)2)20(27)25-15-7-8-15/h5-6,10-11,15,24H,4,7-9H2,1-3H3,(H2,22,26)(H,23,28)(H,25,27). The van der Waals surface area contributed by atoms with Crippen molar-refractivity contribution in [3.05, 3.63) is 52.3 Å². The highest BCUT2D eigenvalue weighted by Gasteiger charge is 2.24. The van der Waals surface area contributed by atoms with Crippen LogP contribution < -0.4 is 16.0 Å². The summed E-state index contributed by atoms with van der Waals surface area (Å²) >= 11 is 0. The van der Waals surface area contributed by atoms with Crippen molar-refractivity contribution in [3.63, 3.8) is 0 Å². The number of aryl methyl sites for hydroxylation is 1. The van der Waals surface area contributed by atoms with E-state index in [9.17, 15) is 9.59 Å². The zero-order valence-electron chi connectivity index (χ0n) is 16.5. The lowest BCUT2D eigenvalue weighted by atomic mass is 10.1. The van der Waals surface area contributed by atoms with E-state index in [1.807, 2.05) is 26.8 Å². The molecule has 2 amide bonds. The molecule has 148 valence electrons. The number of hydrogen-bond donors (Lipinski definition) is 5. The van der Waals surface area contributed by atoms with Gasteiger partial charge >= 0.3 is 0 Å². The molecule has 0 saturated heterocycles. The second-order valence-corrected chi connectivity index (χ2v) is 7.24. The van der Waals surface area contributed by atoms with Gasteiger partial charge < -0.3 is 20.9 Å². The number of nitrogens with one attached hydrogen (secondary N) is 5. The molecule has 7 nitrogen and oxygen atoms in total. The number of amidine groups is 1. The minimum absolute atomic E-state index is 0.0944. The van der Waals surface area contributed by atoms with Crippen LogP contribution in [0.4, 0.5) is 5.69 Å². The van der Waals surface area contributed by atoms with Crippen molar-refractivity contribution in [3.8, 4) is 0 Å². The van der Waals surface area contributed by atoms with Crippen LogP contribution in [-0.2, 0) is 0 Å². The van der Waals surface area contributed by atoms with E-state index < -0.39 is 0 Å². The van der Waals surface area contributed by atoms with E-state index in [1.54, 1.807) is 18.3 Å². The first-order chi connectivity index (χ1) is 13.4. The topological polar surface area (TPSA) is 110 Å². The second-order valence-electron chi connectivity index (χ2n) is 7.24. The molecule has 28 heavy (non-hydrogen) atoms. The molecule has 1 saturated carbocycles. The number of rotatable bonds is 7. The lowest BCUT2D eigenvalue weighted by molar-refractivity contribution is 0.0943. The number of carbonyl (C=O) groups is 2. The van der Waals surface area contributed by atoms with Gasteiger partial charge in [0.05, 0.1) is 11.3 Å². The number of aromatic amines is 1. The van der Waals surface area contributed by atoms with E-state index in [1.165, 1.54) is 0 Å². The van der Waals surface area contributed by atoms with Gasteiger partial charge in [0.1, 0.15) is 5.84 Å². The van der Waals surface area contributed by atoms with Crippen molar-refractivity contribution in [2.75, 3.05) is 11.9 Å². The van der Waals surface area contributed by atoms with Crippen LogP contribution in [0.5, 0.6) is 0 Å². The van der Waals surface area contributed by atoms with Crippen LogP contribution in [-0.4, -0.2) is 35.2 Å². The van der Waals surface area contributed by atoms with Crippen molar-refractivity contribution < 1.29 is 9.59 Å². The predicted molar refractivity (Wildman–Crippen MR) is 110 cm³/mol. The molecule has 1 aliphatic carbocycles. The third-order valence-corrected chi connectivity index (χ3v) is 4.84. The molecule has 0 radical (unpaired) electrons. The van der Waals surface area contributed by atoms with E-state index in [0.717, 1.165) is 24.8 Å². The van der Waals surface area contributed by atoms with E-state index in [0.29, 0.717) is 40.7 Å². The molecule has 3 rings (SSSR count). The number of anilines is 1. The molecule has 1 aromatic carbocycles. The molecule has 0 aliphatic heterocycles. The minimum atomic E-state index is -0.149. The number of hydrogen-bond acceptors (Lipinski definition) is 3. The molecule has 1 fully saturated rings. The third kappa shape index (κ3) is 4.42. The third-order valence-electron chi connectivity index (χ3n) is 4.84. The highest BCUT2D eigenvalue weighted by atomic mass is 16.2. The Morgan fingerprint density at radius 2 is 1.96 bits per heavy atom. The van der Waals surface area contributed by atoms with Gasteiger partial charge in [-0.05, 0) is 56.4 Å². The fourth-order valence-electron chi connectivity index (χ4n) is 2.92. The van der Waals surface area contributed by atoms with Gasteiger partial charge in [0.25, 0.3) is 11.8 Å². The monoisotopic (exact) mass is 381 g/mol. The molecule has 0 bridgehead atoms. The van der Waals surface area contributed by atoms with Gasteiger partial charge in [-0.25, -0.2) is 0 Å². The van der Waals surface area contributed by atoms with E-state index in [2.05, 4.69) is 20.9 Å². The van der Waals surface area contributed by atoms with Gasteiger partial charge in [0.15, 0.2) is 0 Å². The van der Waals surface area contributed by atoms with Crippen molar-refractivity contribution >= 4 is 23.3 Å². The summed E-state index contributed by atoms with van der Waals surface area (Å²) in [7, 11) is 0. The maximum atomic E-state index is 12.3. The Hall–Kier alpha value is -3.09. The van der Waals surface area contributed by atoms with Crippen LogP contribution in [0.25, 0.3) is 0 Å². The number of benzene rings is 1. The number of H-pyrrole nitrogens is 1. The van der Waals surface area contributed by atoms with Gasteiger partial charge in [0.2, 0.25) is 0 Å².